The molecule has 0 heterocycles. The number of carbonyl (C=O) groups excluding carboxylic acids is 1. The summed E-state index contributed by atoms with van der Waals surface area (Å²) in [5.41, 5.74) is 8.83. The molecule has 3 N–H and O–H groups in total. The SMILES string of the molecule is C=CCc1cc(C=NNC(N)=O)cc(OC)c1OCCCC. The third kappa shape index (κ3) is 5.47. The number of ether oxygens (including phenoxy) is 2. The minimum Gasteiger partial charge on any atom is -0.493 e. The van der Waals surface area contributed by atoms with Crippen LogP contribution < -0.4 is 20.6 Å². The predicted octanol–water partition coefficient (Wildman–Crippen LogP) is 2.60. The summed E-state index contributed by atoms with van der Waals surface area (Å²) < 4.78 is 11.2. The Morgan fingerprint density at radius 1 is 1.50 bits per heavy atom. The molecular weight excluding hydrogens is 282 g/mol. The molecule has 0 aliphatic rings. The summed E-state index contributed by atoms with van der Waals surface area (Å²) >= 11 is 0. The molecule has 6 nitrogen and oxygen atoms in total. The molecule has 0 saturated carbocycles. The number of nitrogens with two attached hydrogens (primary N) is 1. The van der Waals surface area contributed by atoms with Gasteiger partial charge in [-0.1, -0.05) is 19.4 Å². The molecule has 0 aromatic heterocycles. The first-order chi connectivity index (χ1) is 10.6. The summed E-state index contributed by atoms with van der Waals surface area (Å²) in [6.45, 7) is 6.50. The van der Waals surface area contributed by atoms with Gasteiger partial charge in [-0.2, -0.15) is 5.10 Å². The van der Waals surface area contributed by atoms with Crippen LogP contribution in [0.3, 0.4) is 0 Å². The van der Waals surface area contributed by atoms with Crippen molar-refractivity contribution in [2.75, 3.05) is 13.7 Å². The van der Waals surface area contributed by atoms with Crippen LogP contribution in [0.15, 0.2) is 29.9 Å². The Labute approximate surface area is 131 Å². The number of hydrogen-bond acceptors (Lipinski definition) is 4. The molecule has 2 amide bonds. The Balaban J connectivity index is 3.07. The second kappa shape index (κ2) is 9.44. The van der Waals surface area contributed by atoms with Crippen LogP contribution in [-0.4, -0.2) is 26.0 Å². The van der Waals surface area contributed by atoms with Crippen molar-refractivity contribution in [2.24, 2.45) is 10.8 Å². The highest BCUT2D eigenvalue weighted by Crippen LogP contribution is 2.33. The number of amides is 2. The van der Waals surface area contributed by atoms with Gasteiger partial charge in [-0.3, -0.25) is 0 Å². The number of hydrogen-bond donors (Lipinski definition) is 2. The topological polar surface area (TPSA) is 85.9 Å². The van der Waals surface area contributed by atoms with Crippen molar-refractivity contribution in [1.82, 2.24) is 5.43 Å². The molecule has 0 fully saturated rings. The molecule has 1 aromatic rings. The number of nitrogens with zero attached hydrogens (tertiary/aromatic N) is 1. The van der Waals surface area contributed by atoms with Gasteiger partial charge < -0.3 is 15.2 Å². The van der Waals surface area contributed by atoms with Gasteiger partial charge in [0.1, 0.15) is 0 Å². The third-order valence-corrected chi connectivity index (χ3v) is 2.87. The summed E-state index contributed by atoms with van der Waals surface area (Å²) in [5, 5.41) is 3.75. The number of carbonyl (C=O) groups is 1. The number of urea groups is 1. The van der Waals surface area contributed by atoms with Crippen molar-refractivity contribution < 1.29 is 14.3 Å². The average Bonchev–Trinajstić information content (AvgIpc) is 2.49. The number of benzene rings is 1. The first-order valence-electron chi connectivity index (χ1n) is 7.15. The minimum absolute atomic E-state index is 0.621. The Morgan fingerprint density at radius 2 is 2.27 bits per heavy atom. The zero-order valence-electron chi connectivity index (χ0n) is 13.1. The second-order valence-electron chi connectivity index (χ2n) is 4.64. The lowest BCUT2D eigenvalue weighted by atomic mass is 10.1. The van der Waals surface area contributed by atoms with E-state index in [-0.39, 0.29) is 0 Å². The summed E-state index contributed by atoms with van der Waals surface area (Å²) in [5.74, 6) is 1.34. The Bertz CT molecular complexity index is 542. The van der Waals surface area contributed by atoms with E-state index in [1.165, 1.54) is 6.21 Å². The average molecular weight is 305 g/mol. The van der Waals surface area contributed by atoms with Crippen molar-refractivity contribution in [2.45, 2.75) is 26.2 Å². The van der Waals surface area contributed by atoms with Crippen LogP contribution in [0.1, 0.15) is 30.9 Å². The molecule has 0 aliphatic carbocycles. The number of nitrogens with one attached hydrogen (secondary N) is 1. The molecule has 0 bridgehead atoms. The van der Waals surface area contributed by atoms with Gasteiger partial charge in [-0.25, -0.2) is 10.2 Å². The van der Waals surface area contributed by atoms with E-state index >= 15 is 0 Å². The zero-order valence-corrected chi connectivity index (χ0v) is 13.1. The highest BCUT2D eigenvalue weighted by atomic mass is 16.5. The van der Waals surface area contributed by atoms with Crippen LogP contribution >= 0.6 is 0 Å². The van der Waals surface area contributed by atoms with E-state index in [1.807, 2.05) is 6.07 Å². The number of allylic oxidation sites excluding steroid dienone is 1. The van der Waals surface area contributed by atoms with Crippen LogP contribution in [-0.2, 0) is 6.42 Å². The molecule has 1 aromatic carbocycles. The molecule has 1 rings (SSSR count). The standard InChI is InChI=1S/C16H23N3O3/c1-4-6-8-22-15-13(7-5-2)9-12(10-14(15)21-3)11-18-19-16(17)20/h5,9-11H,2,4,6-8H2,1,3H3,(H3,17,19,20). The van der Waals surface area contributed by atoms with Gasteiger partial charge in [0.15, 0.2) is 11.5 Å². The van der Waals surface area contributed by atoms with Gasteiger partial charge in [0.2, 0.25) is 0 Å². The van der Waals surface area contributed by atoms with E-state index in [0.29, 0.717) is 18.8 Å². The first kappa shape index (κ1) is 17.6. The van der Waals surface area contributed by atoms with E-state index in [9.17, 15) is 4.79 Å². The van der Waals surface area contributed by atoms with Gasteiger partial charge in [-0.05, 0) is 30.5 Å². The number of primary amides is 1. The minimum atomic E-state index is -0.714. The number of unbranched alkanes of at least 4 members (excludes halogenated alkanes) is 1. The van der Waals surface area contributed by atoms with Crippen LogP contribution in [0, 0.1) is 0 Å². The summed E-state index contributed by atoms with van der Waals surface area (Å²) in [7, 11) is 1.59. The fourth-order valence-electron chi connectivity index (χ4n) is 1.87. The van der Waals surface area contributed by atoms with Gasteiger partial charge in [0, 0.05) is 5.56 Å². The van der Waals surface area contributed by atoms with Crippen LogP contribution in [0.2, 0.25) is 0 Å². The van der Waals surface area contributed by atoms with Crippen LogP contribution in [0.5, 0.6) is 11.5 Å². The lowest BCUT2D eigenvalue weighted by molar-refractivity contribution is 0.249. The monoisotopic (exact) mass is 305 g/mol. The summed E-state index contributed by atoms with van der Waals surface area (Å²) in [4.78, 5) is 10.6. The smallest absolute Gasteiger partial charge is 0.332 e. The van der Waals surface area contributed by atoms with E-state index in [1.54, 1.807) is 19.3 Å². The molecule has 0 atom stereocenters. The maximum atomic E-state index is 10.6. The van der Waals surface area contributed by atoms with Crippen molar-refractivity contribution in [3.05, 3.63) is 35.9 Å². The largest absolute Gasteiger partial charge is 0.493 e. The van der Waals surface area contributed by atoms with Crippen LogP contribution in [0.4, 0.5) is 4.79 Å². The molecule has 120 valence electrons. The highest BCUT2D eigenvalue weighted by molar-refractivity contribution is 5.83. The lowest BCUT2D eigenvalue weighted by Crippen LogP contribution is -2.24. The summed E-state index contributed by atoms with van der Waals surface area (Å²) in [6, 6.07) is 2.99. The number of rotatable bonds is 9. The van der Waals surface area contributed by atoms with E-state index < -0.39 is 6.03 Å². The summed E-state index contributed by atoms with van der Waals surface area (Å²) in [6.07, 6.45) is 5.97. The highest BCUT2D eigenvalue weighted by Gasteiger charge is 2.12. The first-order valence-corrected chi connectivity index (χ1v) is 7.15. The molecule has 0 spiro atoms. The van der Waals surface area contributed by atoms with Crippen molar-refractivity contribution in [3.8, 4) is 11.5 Å². The lowest BCUT2D eigenvalue weighted by Gasteiger charge is -2.15. The van der Waals surface area contributed by atoms with Crippen molar-refractivity contribution in [3.63, 3.8) is 0 Å². The van der Waals surface area contributed by atoms with E-state index in [2.05, 4.69) is 24.0 Å². The van der Waals surface area contributed by atoms with E-state index in [4.69, 9.17) is 15.2 Å². The maximum absolute atomic E-state index is 10.6. The Morgan fingerprint density at radius 3 is 2.86 bits per heavy atom. The normalized spacial score (nSPS) is 10.5. The van der Waals surface area contributed by atoms with Gasteiger partial charge in [-0.15, -0.1) is 6.58 Å². The fraction of sp³-hybridized carbons (Fsp3) is 0.375. The van der Waals surface area contributed by atoms with Gasteiger partial charge in [0.05, 0.1) is 19.9 Å². The molecule has 0 aliphatic heterocycles. The number of hydrazone groups is 1. The second-order valence-corrected chi connectivity index (χ2v) is 4.64. The predicted molar refractivity (Wildman–Crippen MR) is 87.6 cm³/mol. The fourth-order valence-corrected chi connectivity index (χ4v) is 1.87. The molecular formula is C16H23N3O3. The van der Waals surface area contributed by atoms with Crippen molar-refractivity contribution in [1.29, 1.82) is 0 Å². The van der Waals surface area contributed by atoms with Crippen LogP contribution in [0.25, 0.3) is 0 Å². The van der Waals surface area contributed by atoms with Crippen molar-refractivity contribution >= 4 is 12.2 Å². The molecule has 6 heteroatoms. The molecule has 0 radical (unpaired) electrons. The Hall–Kier alpha value is -2.50. The Kier molecular flexibility index (Phi) is 7.53. The zero-order chi connectivity index (χ0) is 16.4. The molecule has 0 unspecified atom stereocenters. The van der Waals surface area contributed by atoms with Gasteiger partial charge >= 0.3 is 6.03 Å². The number of methoxy groups -OCH3 is 1. The van der Waals surface area contributed by atoms with E-state index in [0.717, 1.165) is 29.7 Å². The third-order valence-electron chi connectivity index (χ3n) is 2.87. The quantitative estimate of drug-likeness (QED) is 0.318. The molecule has 22 heavy (non-hydrogen) atoms. The van der Waals surface area contributed by atoms with Gasteiger partial charge in [0.25, 0.3) is 0 Å². The molecule has 0 saturated heterocycles. The maximum Gasteiger partial charge on any atom is 0.332 e.